The molecule has 0 amide bonds. The van der Waals surface area contributed by atoms with Crippen LogP contribution in [0.15, 0.2) is 73.2 Å². The van der Waals surface area contributed by atoms with E-state index >= 15 is 0 Å². The van der Waals surface area contributed by atoms with Crippen molar-refractivity contribution in [3.63, 3.8) is 0 Å². The molecule has 0 aliphatic rings. The largest absolute Gasteiger partial charge is 0.348 e. The third-order valence-electron chi connectivity index (χ3n) is 5.49. The van der Waals surface area contributed by atoms with Crippen LogP contribution in [0, 0.1) is 7.14 Å². The van der Waals surface area contributed by atoms with Crippen molar-refractivity contribution in [2.75, 3.05) is 0 Å². The average molecular weight is 705 g/mol. The molecule has 0 aliphatic carbocycles. The van der Waals surface area contributed by atoms with Crippen LogP contribution in [-0.2, 0) is 6.42 Å². The van der Waals surface area contributed by atoms with Crippen molar-refractivity contribution < 1.29 is 4.39 Å². The van der Waals surface area contributed by atoms with Gasteiger partial charge in [-0.25, -0.2) is 9.37 Å². The molecule has 2 nitrogen and oxygen atoms in total. The number of aryl methyl sites for hydroxylation is 1. The lowest BCUT2D eigenvalue weighted by Crippen LogP contribution is -2.41. The van der Waals surface area contributed by atoms with Crippen LogP contribution in [0.3, 0.4) is 0 Å². The first-order valence-corrected chi connectivity index (χ1v) is 14.4. The summed E-state index contributed by atoms with van der Waals surface area (Å²) in [5.74, 6) is 0. The van der Waals surface area contributed by atoms with Crippen molar-refractivity contribution >= 4 is 74.4 Å². The smallest absolute Gasteiger partial charge is 0.213 e. The zero-order valence-corrected chi connectivity index (χ0v) is 24.9. The van der Waals surface area contributed by atoms with E-state index in [1.807, 2.05) is 12.3 Å². The summed E-state index contributed by atoms with van der Waals surface area (Å²) in [6.07, 6.45) is 13.6. The van der Waals surface area contributed by atoms with Gasteiger partial charge in [0, 0.05) is 19.0 Å². The van der Waals surface area contributed by atoms with Crippen LogP contribution >= 0.6 is 56.8 Å². The summed E-state index contributed by atoms with van der Waals surface area (Å²) in [7, 11) is 0. The van der Waals surface area contributed by atoms with Crippen molar-refractivity contribution in [3.8, 4) is 0 Å². The lowest BCUT2D eigenvalue weighted by atomic mass is 9.39. The van der Waals surface area contributed by atoms with Crippen LogP contribution in [0.25, 0.3) is 0 Å². The number of benzene rings is 2. The van der Waals surface area contributed by atoms with E-state index in [4.69, 9.17) is 11.6 Å². The number of nitrogens with one attached hydrogen (secondary N) is 1. The molecule has 1 N–H and O–H groups in total. The van der Waals surface area contributed by atoms with Crippen LogP contribution in [-0.4, -0.2) is 28.2 Å². The second kappa shape index (κ2) is 16.7. The van der Waals surface area contributed by atoms with Crippen LogP contribution in [0.2, 0.25) is 6.32 Å². The number of halogens is 4. The van der Waals surface area contributed by atoms with Gasteiger partial charge in [0.1, 0.15) is 6.17 Å². The Morgan fingerprint density at radius 3 is 2.21 bits per heavy atom. The van der Waals surface area contributed by atoms with E-state index in [1.165, 1.54) is 56.4 Å². The Hall–Kier alpha value is -0.865. The second-order valence-corrected chi connectivity index (χ2v) is 11.3. The first-order chi connectivity index (χ1) is 16.4. The fourth-order valence-corrected chi connectivity index (χ4v) is 4.81. The Bertz CT molecular complexity index is 937. The van der Waals surface area contributed by atoms with Crippen LogP contribution < -0.4 is 10.9 Å². The molecule has 0 bridgehead atoms. The maximum absolute atomic E-state index is 13.2. The topological polar surface area (TPSA) is 28.7 Å². The maximum atomic E-state index is 13.2. The van der Waals surface area contributed by atoms with Gasteiger partial charge in [-0.3, -0.25) is 0 Å². The molecule has 3 rings (SSSR count). The van der Waals surface area contributed by atoms with E-state index < -0.39 is 11.5 Å². The van der Waals surface area contributed by atoms with E-state index in [0.29, 0.717) is 0 Å². The summed E-state index contributed by atoms with van der Waals surface area (Å²) in [6, 6.07) is 17.0. The number of hydrogen-bond acceptors (Lipinski definition) is 1. The third kappa shape index (κ3) is 11.2. The molecule has 34 heavy (non-hydrogen) atoms. The minimum atomic E-state index is -1.04. The van der Waals surface area contributed by atoms with Crippen LogP contribution in [0.1, 0.15) is 45.2 Å². The van der Waals surface area contributed by atoms with Crippen molar-refractivity contribution in [2.45, 2.75) is 63.8 Å². The SMILES string of the molecule is CC(F)C(Cl)C=CCB(c1cccc(I)c1)c1cccc(I)c1.CCCCCCc1cnc[nH]1. The quantitative estimate of drug-likeness (QED) is 0.0722. The van der Waals surface area contributed by atoms with E-state index in [-0.39, 0.29) is 6.71 Å². The molecule has 182 valence electrons. The standard InChI is InChI=1S/C18H17BClFI2.C9H16N2/c1-13(21)18(20)9-4-10-19(14-5-2-7-16(22)11-14)15-6-3-8-17(23)12-15;1-2-3-4-5-6-9-7-10-8-11-9/h2-9,11-13,18H,10H2,1H3;7-8H,2-6H2,1H3,(H,10,11). The zero-order chi connectivity index (χ0) is 24.8. The van der Waals surface area contributed by atoms with Gasteiger partial charge in [0.2, 0.25) is 6.71 Å². The van der Waals surface area contributed by atoms with Gasteiger partial charge >= 0.3 is 0 Å². The molecule has 1 aromatic heterocycles. The Morgan fingerprint density at radius 2 is 1.71 bits per heavy atom. The molecule has 0 saturated carbocycles. The molecule has 0 spiro atoms. The van der Waals surface area contributed by atoms with Crippen molar-refractivity contribution in [2.24, 2.45) is 0 Å². The Kier molecular flexibility index (Phi) is 14.5. The number of aromatic amines is 1. The van der Waals surface area contributed by atoms with E-state index in [0.717, 1.165) is 12.7 Å². The number of aromatic nitrogens is 2. The van der Waals surface area contributed by atoms with Gasteiger partial charge in [0.05, 0.1) is 11.7 Å². The summed E-state index contributed by atoms with van der Waals surface area (Å²) in [5, 5.41) is -0.567. The summed E-state index contributed by atoms with van der Waals surface area (Å²) in [4.78, 5) is 7.07. The zero-order valence-electron chi connectivity index (χ0n) is 19.9. The number of allylic oxidation sites excluding steroid dienone is 2. The molecule has 7 heteroatoms. The van der Waals surface area contributed by atoms with Crippen molar-refractivity contribution in [1.82, 2.24) is 9.97 Å². The number of hydrogen-bond donors (Lipinski definition) is 1. The summed E-state index contributed by atoms with van der Waals surface area (Å²) in [6.45, 7) is 3.96. The van der Waals surface area contributed by atoms with Gasteiger partial charge in [-0.1, -0.05) is 85.7 Å². The molecule has 3 aromatic rings. The minimum absolute atomic E-state index is 0.245. The molecule has 2 atom stereocenters. The number of alkyl halides is 2. The lowest BCUT2D eigenvalue weighted by molar-refractivity contribution is 0.369. The van der Waals surface area contributed by atoms with Gasteiger partial charge < -0.3 is 4.98 Å². The predicted octanol–water partition coefficient (Wildman–Crippen LogP) is 7.56. The molecule has 0 saturated heterocycles. The minimum Gasteiger partial charge on any atom is -0.348 e. The Balaban J connectivity index is 0.000000310. The van der Waals surface area contributed by atoms with Crippen LogP contribution in [0.5, 0.6) is 0 Å². The van der Waals surface area contributed by atoms with Gasteiger partial charge in [-0.05, 0) is 83.4 Å². The van der Waals surface area contributed by atoms with E-state index in [1.54, 1.807) is 12.4 Å². The molecule has 2 aromatic carbocycles. The molecular weight excluding hydrogens is 671 g/mol. The molecule has 1 heterocycles. The Morgan fingerprint density at radius 1 is 1.06 bits per heavy atom. The molecule has 0 fully saturated rings. The number of H-pyrrole nitrogens is 1. The highest BCUT2D eigenvalue weighted by molar-refractivity contribution is 14.1. The molecular formula is C27H33BClFI2N2. The van der Waals surface area contributed by atoms with Gasteiger partial charge in [0.15, 0.2) is 0 Å². The lowest BCUT2D eigenvalue weighted by Gasteiger charge is -2.14. The first-order valence-electron chi connectivity index (χ1n) is 11.8. The van der Waals surface area contributed by atoms with Crippen molar-refractivity contribution in [3.05, 3.63) is 86.0 Å². The summed E-state index contributed by atoms with van der Waals surface area (Å²) < 4.78 is 15.6. The van der Waals surface area contributed by atoms with Gasteiger partial charge in [-0.2, -0.15) is 0 Å². The molecule has 0 radical (unpaired) electrons. The highest BCUT2D eigenvalue weighted by atomic mass is 127. The number of unbranched alkanes of at least 4 members (excludes halogenated alkanes) is 3. The van der Waals surface area contributed by atoms with E-state index in [2.05, 4.69) is 111 Å². The average Bonchev–Trinajstić information content (AvgIpc) is 3.33. The highest BCUT2D eigenvalue weighted by Gasteiger charge is 2.19. The van der Waals surface area contributed by atoms with E-state index in [9.17, 15) is 4.39 Å². The summed E-state index contributed by atoms with van der Waals surface area (Å²) >= 11 is 10.6. The highest BCUT2D eigenvalue weighted by Crippen LogP contribution is 2.11. The molecule has 2 unspecified atom stereocenters. The van der Waals surface area contributed by atoms with Gasteiger partial charge in [-0.15, -0.1) is 11.6 Å². The predicted molar refractivity (Wildman–Crippen MR) is 164 cm³/mol. The second-order valence-electron chi connectivity index (χ2n) is 8.34. The Labute approximate surface area is 236 Å². The number of imidazole rings is 1. The molecule has 0 aliphatic heterocycles. The first kappa shape index (κ1) is 29.4. The fraction of sp³-hybridized carbons (Fsp3) is 0.370. The van der Waals surface area contributed by atoms with Crippen LogP contribution in [0.4, 0.5) is 4.39 Å². The number of rotatable bonds is 11. The maximum Gasteiger partial charge on any atom is 0.213 e. The number of nitrogens with zero attached hydrogens (tertiary/aromatic N) is 1. The summed E-state index contributed by atoms with van der Waals surface area (Å²) in [5.41, 5.74) is 3.80. The van der Waals surface area contributed by atoms with Gasteiger partial charge in [0.25, 0.3) is 0 Å². The normalized spacial score (nSPS) is 12.8. The fourth-order valence-electron chi connectivity index (χ4n) is 3.57. The monoisotopic (exact) mass is 704 g/mol. The third-order valence-corrected chi connectivity index (χ3v) is 7.32. The van der Waals surface area contributed by atoms with Crippen molar-refractivity contribution in [1.29, 1.82) is 0 Å².